The molecule has 11 nitrogen and oxygen atoms in total. The summed E-state index contributed by atoms with van der Waals surface area (Å²) in [5.74, 6) is -4.53. The minimum atomic E-state index is -1.34. The summed E-state index contributed by atoms with van der Waals surface area (Å²) in [7, 11) is 0. The number of rotatable bonds is 9. The van der Waals surface area contributed by atoms with E-state index in [1.54, 1.807) is 12.1 Å². The number of nitrogens with one attached hydrogen (secondary N) is 2. The Labute approximate surface area is 248 Å². The quantitative estimate of drug-likeness (QED) is 0.284. The van der Waals surface area contributed by atoms with E-state index in [0.29, 0.717) is 16.3 Å². The number of hydrogen-bond donors (Lipinski definition) is 2. The van der Waals surface area contributed by atoms with E-state index in [2.05, 4.69) is 10.6 Å². The van der Waals surface area contributed by atoms with Gasteiger partial charge < -0.3 is 20.1 Å². The third kappa shape index (κ3) is 6.95. The number of fused-ring (bicyclic) bond motifs is 1. The van der Waals surface area contributed by atoms with Crippen LogP contribution in [0.25, 0.3) is 0 Å². The molecule has 0 fully saturated rings. The standard InChI is InChI=1S/C32H31N3O8/c1-17-6-8-19(3)25(12-17)33-27(36)15-42-31(40)21(5)35-29(38)23-11-10-22(14-24(23)30(35)39)32(41)43-16-28(37)34-26-13-18(2)7-9-20(26)4/h6-14,21H,15-16H2,1-5H3,(H,33,36)(H,34,37)/t21-/m0/s1. The fraction of sp³-hybridized carbons (Fsp3) is 0.250. The molecule has 0 aliphatic carbocycles. The SMILES string of the molecule is Cc1ccc(C)c(NC(=O)COC(=O)c2ccc3c(c2)C(=O)N([C@@H](C)C(=O)OCC(=O)Nc2cc(C)ccc2C)C3=O)c1. The van der Waals surface area contributed by atoms with Crippen LogP contribution in [-0.4, -0.2) is 59.7 Å². The second-order valence-electron chi connectivity index (χ2n) is 10.3. The lowest BCUT2D eigenvalue weighted by molar-refractivity contribution is -0.150. The van der Waals surface area contributed by atoms with E-state index in [-0.39, 0.29) is 16.7 Å². The van der Waals surface area contributed by atoms with Crippen LogP contribution in [0.1, 0.15) is 60.3 Å². The lowest BCUT2D eigenvalue weighted by Gasteiger charge is -2.20. The fourth-order valence-electron chi connectivity index (χ4n) is 4.43. The number of carbonyl (C=O) groups is 6. The maximum absolute atomic E-state index is 13.1. The summed E-state index contributed by atoms with van der Waals surface area (Å²) in [6.07, 6.45) is 0. The third-order valence-electron chi connectivity index (χ3n) is 6.90. The first kappa shape index (κ1) is 30.6. The van der Waals surface area contributed by atoms with Gasteiger partial charge in [0.15, 0.2) is 13.2 Å². The molecule has 222 valence electrons. The number of nitrogens with zero attached hydrogens (tertiary/aromatic N) is 1. The molecule has 2 N–H and O–H groups in total. The highest BCUT2D eigenvalue weighted by Crippen LogP contribution is 2.27. The van der Waals surface area contributed by atoms with Crippen LogP contribution in [0.5, 0.6) is 0 Å². The lowest BCUT2D eigenvalue weighted by atomic mass is 10.1. The number of ether oxygens (including phenoxy) is 2. The van der Waals surface area contributed by atoms with Crippen LogP contribution in [0.3, 0.4) is 0 Å². The molecule has 0 spiro atoms. The summed E-state index contributed by atoms with van der Waals surface area (Å²) in [6.45, 7) is 7.52. The molecule has 0 aromatic heterocycles. The monoisotopic (exact) mass is 585 g/mol. The van der Waals surface area contributed by atoms with Gasteiger partial charge in [-0.3, -0.25) is 24.1 Å². The molecular formula is C32H31N3O8. The Balaban J connectivity index is 1.34. The molecule has 3 aromatic carbocycles. The van der Waals surface area contributed by atoms with Crippen molar-refractivity contribution in [2.24, 2.45) is 0 Å². The number of aryl methyl sites for hydroxylation is 4. The van der Waals surface area contributed by atoms with Crippen molar-refractivity contribution in [3.8, 4) is 0 Å². The number of carbonyl (C=O) groups excluding carboxylic acids is 6. The average Bonchev–Trinajstić information content (AvgIpc) is 3.22. The first-order chi connectivity index (χ1) is 20.3. The van der Waals surface area contributed by atoms with Crippen molar-refractivity contribution in [1.82, 2.24) is 4.90 Å². The lowest BCUT2D eigenvalue weighted by Crippen LogP contribution is -2.44. The minimum absolute atomic E-state index is 0.0125. The van der Waals surface area contributed by atoms with Crippen LogP contribution in [0.4, 0.5) is 11.4 Å². The van der Waals surface area contributed by atoms with Crippen LogP contribution in [0, 0.1) is 27.7 Å². The van der Waals surface area contributed by atoms with Crippen molar-refractivity contribution >= 4 is 46.9 Å². The van der Waals surface area contributed by atoms with E-state index in [1.165, 1.54) is 25.1 Å². The molecule has 0 saturated heterocycles. The van der Waals surface area contributed by atoms with E-state index < -0.39 is 54.8 Å². The van der Waals surface area contributed by atoms with Crippen LogP contribution in [-0.2, 0) is 23.9 Å². The van der Waals surface area contributed by atoms with Gasteiger partial charge in [-0.05, 0) is 87.2 Å². The maximum Gasteiger partial charge on any atom is 0.338 e. The zero-order valence-corrected chi connectivity index (χ0v) is 24.4. The number of hydrogen-bond acceptors (Lipinski definition) is 8. The largest absolute Gasteiger partial charge is 0.454 e. The van der Waals surface area contributed by atoms with Gasteiger partial charge in [0.05, 0.1) is 16.7 Å². The minimum Gasteiger partial charge on any atom is -0.454 e. The summed E-state index contributed by atoms with van der Waals surface area (Å²) >= 11 is 0. The molecule has 0 bridgehead atoms. The van der Waals surface area contributed by atoms with Crippen molar-refractivity contribution in [2.45, 2.75) is 40.7 Å². The van der Waals surface area contributed by atoms with E-state index >= 15 is 0 Å². The summed E-state index contributed by atoms with van der Waals surface area (Å²) in [5.41, 5.74) is 4.55. The number of anilines is 2. The number of imide groups is 1. The van der Waals surface area contributed by atoms with Crippen molar-refractivity contribution in [3.63, 3.8) is 0 Å². The molecule has 4 amide bonds. The molecule has 43 heavy (non-hydrogen) atoms. The molecular weight excluding hydrogens is 554 g/mol. The molecule has 0 saturated carbocycles. The summed E-state index contributed by atoms with van der Waals surface area (Å²) in [5, 5.41) is 5.35. The molecule has 4 rings (SSSR count). The highest BCUT2D eigenvalue weighted by atomic mass is 16.5. The molecule has 0 unspecified atom stereocenters. The summed E-state index contributed by atoms with van der Waals surface area (Å²) in [6, 6.07) is 13.5. The Morgan fingerprint density at radius 2 is 1.21 bits per heavy atom. The van der Waals surface area contributed by atoms with Crippen LogP contribution < -0.4 is 10.6 Å². The van der Waals surface area contributed by atoms with Crippen molar-refractivity contribution in [2.75, 3.05) is 23.8 Å². The predicted octanol–water partition coefficient (Wildman–Crippen LogP) is 3.88. The molecule has 1 aliphatic heterocycles. The second-order valence-corrected chi connectivity index (χ2v) is 10.3. The van der Waals surface area contributed by atoms with E-state index in [1.807, 2.05) is 52.0 Å². The van der Waals surface area contributed by atoms with E-state index in [0.717, 1.165) is 22.3 Å². The average molecular weight is 586 g/mol. The maximum atomic E-state index is 13.1. The fourth-order valence-corrected chi connectivity index (χ4v) is 4.43. The Morgan fingerprint density at radius 3 is 1.77 bits per heavy atom. The number of amides is 4. The van der Waals surface area contributed by atoms with Gasteiger partial charge in [-0.2, -0.15) is 0 Å². The Kier molecular flexibility index (Phi) is 9.03. The molecule has 0 radical (unpaired) electrons. The van der Waals surface area contributed by atoms with Crippen LogP contribution in [0.2, 0.25) is 0 Å². The molecule has 11 heteroatoms. The van der Waals surface area contributed by atoms with Gasteiger partial charge >= 0.3 is 11.9 Å². The smallest absolute Gasteiger partial charge is 0.338 e. The van der Waals surface area contributed by atoms with E-state index in [4.69, 9.17) is 9.47 Å². The normalized spacial score (nSPS) is 12.8. The van der Waals surface area contributed by atoms with Gasteiger partial charge in [0, 0.05) is 11.4 Å². The van der Waals surface area contributed by atoms with Gasteiger partial charge in [0.1, 0.15) is 6.04 Å². The van der Waals surface area contributed by atoms with Crippen molar-refractivity contribution in [3.05, 3.63) is 93.5 Å². The highest BCUT2D eigenvalue weighted by Gasteiger charge is 2.42. The topological polar surface area (TPSA) is 148 Å². The number of benzene rings is 3. The van der Waals surface area contributed by atoms with Gasteiger partial charge in [-0.1, -0.05) is 24.3 Å². The molecule has 1 atom stereocenters. The highest BCUT2D eigenvalue weighted by molar-refractivity contribution is 6.23. The first-order valence-electron chi connectivity index (χ1n) is 13.5. The van der Waals surface area contributed by atoms with Gasteiger partial charge in [-0.25, -0.2) is 9.59 Å². The van der Waals surface area contributed by atoms with Gasteiger partial charge in [-0.15, -0.1) is 0 Å². The number of esters is 2. The van der Waals surface area contributed by atoms with Crippen molar-refractivity contribution < 1.29 is 38.2 Å². The first-order valence-corrected chi connectivity index (χ1v) is 13.5. The zero-order chi connectivity index (χ0) is 31.4. The second kappa shape index (κ2) is 12.7. The predicted molar refractivity (Wildman–Crippen MR) is 157 cm³/mol. The molecule has 1 aliphatic rings. The van der Waals surface area contributed by atoms with E-state index in [9.17, 15) is 28.8 Å². The Bertz CT molecular complexity index is 1660. The van der Waals surface area contributed by atoms with Crippen molar-refractivity contribution in [1.29, 1.82) is 0 Å². The molecule has 3 aromatic rings. The zero-order valence-electron chi connectivity index (χ0n) is 24.4. The molecule has 1 heterocycles. The third-order valence-corrected chi connectivity index (χ3v) is 6.90. The Hall–Kier alpha value is -5.32. The Morgan fingerprint density at radius 1 is 0.698 bits per heavy atom. The van der Waals surface area contributed by atoms with Crippen LogP contribution in [0.15, 0.2) is 54.6 Å². The summed E-state index contributed by atoms with van der Waals surface area (Å²) < 4.78 is 10.2. The van der Waals surface area contributed by atoms with Gasteiger partial charge in [0.25, 0.3) is 23.6 Å². The summed E-state index contributed by atoms with van der Waals surface area (Å²) in [4.78, 5) is 76.8. The van der Waals surface area contributed by atoms with Crippen LogP contribution >= 0.6 is 0 Å². The van der Waals surface area contributed by atoms with Gasteiger partial charge in [0.2, 0.25) is 0 Å².